The Morgan fingerprint density at radius 3 is 2.58 bits per heavy atom. The fraction of sp³-hybridized carbons (Fsp3) is 0.353. The summed E-state index contributed by atoms with van der Waals surface area (Å²) in [6.07, 6.45) is 0.846. The summed E-state index contributed by atoms with van der Waals surface area (Å²) in [6, 6.07) is 7.28. The first-order chi connectivity index (χ1) is 11.5. The van der Waals surface area contributed by atoms with Crippen molar-refractivity contribution < 1.29 is 14.3 Å². The molecule has 128 valence electrons. The third-order valence-electron chi connectivity index (χ3n) is 3.23. The number of carbonyl (C=O) groups excluding carboxylic acids is 2. The highest BCUT2D eigenvalue weighted by atomic mass is 79.9. The van der Waals surface area contributed by atoms with Crippen LogP contribution >= 0.6 is 27.3 Å². The number of carbonyl (C=O) groups is 2. The average Bonchev–Trinajstić information content (AvgIpc) is 3.03. The number of amides is 1. The van der Waals surface area contributed by atoms with Crippen LogP contribution in [0.4, 0.5) is 0 Å². The van der Waals surface area contributed by atoms with Crippen LogP contribution in [-0.2, 0) is 11.3 Å². The molecule has 0 atom stereocenters. The number of benzene rings is 1. The first kappa shape index (κ1) is 18.6. The largest absolute Gasteiger partial charge is 0.461 e. The Morgan fingerprint density at radius 1 is 1.25 bits per heavy atom. The minimum Gasteiger partial charge on any atom is -0.461 e. The zero-order valence-corrected chi connectivity index (χ0v) is 16.0. The van der Waals surface area contributed by atoms with Crippen molar-refractivity contribution >= 4 is 39.1 Å². The van der Waals surface area contributed by atoms with Gasteiger partial charge in [0.05, 0.1) is 13.2 Å². The molecule has 24 heavy (non-hydrogen) atoms. The molecule has 2 aromatic rings. The minimum atomic E-state index is -0.429. The molecule has 0 saturated carbocycles. The summed E-state index contributed by atoms with van der Waals surface area (Å²) in [7, 11) is 0. The summed E-state index contributed by atoms with van der Waals surface area (Å²) >= 11 is 4.73. The van der Waals surface area contributed by atoms with Crippen molar-refractivity contribution in [2.45, 2.75) is 26.8 Å². The van der Waals surface area contributed by atoms with E-state index in [0.29, 0.717) is 31.0 Å². The van der Waals surface area contributed by atoms with Crippen LogP contribution in [0.2, 0.25) is 0 Å². The zero-order valence-electron chi connectivity index (χ0n) is 13.6. The monoisotopic (exact) mass is 410 g/mol. The Balaban J connectivity index is 2.12. The van der Waals surface area contributed by atoms with E-state index in [-0.39, 0.29) is 5.91 Å². The van der Waals surface area contributed by atoms with Gasteiger partial charge in [-0.1, -0.05) is 22.9 Å². The third kappa shape index (κ3) is 4.88. The van der Waals surface area contributed by atoms with Crippen molar-refractivity contribution in [1.82, 2.24) is 9.88 Å². The number of aromatic nitrogens is 1. The van der Waals surface area contributed by atoms with Gasteiger partial charge in [0, 0.05) is 22.0 Å². The molecule has 0 saturated heterocycles. The molecule has 1 aromatic carbocycles. The molecule has 0 spiro atoms. The van der Waals surface area contributed by atoms with Crippen LogP contribution in [0.25, 0.3) is 0 Å². The Labute approximate surface area is 153 Å². The molecule has 0 unspecified atom stereocenters. The minimum absolute atomic E-state index is 0.0442. The van der Waals surface area contributed by atoms with Gasteiger partial charge in [0.1, 0.15) is 5.01 Å². The molecule has 0 aliphatic carbocycles. The number of ether oxygens (including phenoxy) is 1. The number of esters is 1. The number of thiazole rings is 1. The maximum absolute atomic E-state index is 12.7. The second kappa shape index (κ2) is 8.94. The Bertz CT molecular complexity index is 700. The number of hydrogen-bond donors (Lipinski definition) is 0. The standard InChI is InChI=1S/C17H19BrN2O3S/c1-3-9-20(16(21)12-5-7-13(18)8-6-12)10-15-19-14(11-24-15)17(22)23-4-2/h5-8,11H,3-4,9-10H2,1-2H3. The van der Waals surface area contributed by atoms with Crippen molar-refractivity contribution in [3.8, 4) is 0 Å². The van der Waals surface area contributed by atoms with Gasteiger partial charge in [-0.05, 0) is 37.6 Å². The van der Waals surface area contributed by atoms with E-state index in [4.69, 9.17) is 4.74 Å². The third-order valence-corrected chi connectivity index (χ3v) is 4.60. The van der Waals surface area contributed by atoms with E-state index in [1.165, 1.54) is 11.3 Å². The summed E-state index contributed by atoms with van der Waals surface area (Å²) in [5.74, 6) is -0.474. The molecule has 0 fully saturated rings. The highest BCUT2D eigenvalue weighted by Gasteiger charge is 2.18. The van der Waals surface area contributed by atoms with Crippen LogP contribution in [0.5, 0.6) is 0 Å². The maximum Gasteiger partial charge on any atom is 0.357 e. The molecule has 0 bridgehead atoms. The van der Waals surface area contributed by atoms with Crippen LogP contribution in [0.15, 0.2) is 34.1 Å². The molecule has 0 radical (unpaired) electrons. The van der Waals surface area contributed by atoms with Crippen molar-refractivity contribution in [3.63, 3.8) is 0 Å². The van der Waals surface area contributed by atoms with Gasteiger partial charge in [-0.3, -0.25) is 4.79 Å². The van der Waals surface area contributed by atoms with Crippen molar-refractivity contribution in [3.05, 3.63) is 50.4 Å². The lowest BCUT2D eigenvalue weighted by molar-refractivity contribution is 0.0520. The second-order valence-corrected chi connectivity index (χ2v) is 6.94. The van der Waals surface area contributed by atoms with Gasteiger partial charge >= 0.3 is 5.97 Å². The normalized spacial score (nSPS) is 10.5. The van der Waals surface area contributed by atoms with Gasteiger partial charge in [-0.2, -0.15) is 0 Å². The number of halogens is 1. The quantitative estimate of drug-likeness (QED) is 0.643. The molecule has 7 heteroatoms. The number of nitrogens with zero attached hydrogens (tertiary/aromatic N) is 2. The fourth-order valence-corrected chi connectivity index (χ4v) is 3.19. The molecule has 0 N–H and O–H groups in total. The maximum atomic E-state index is 12.7. The van der Waals surface area contributed by atoms with E-state index in [0.717, 1.165) is 15.9 Å². The van der Waals surface area contributed by atoms with E-state index >= 15 is 0 Å². The van der Waals surface area contributed by atoms with E-state index in [2.05, 4.69) is 20.9 Å². The average molecular weight is 411 g/mol. The molecular formula is C17H19BrN2O3S. The Kier molecular flexibility index (Phi) is 6.93. The Hall–Kier alpha value is -1.73. The molecule has 1 aromatic heterocycles. The first-order valence-corrected chi connectivity index (χ1v) is 9.38. The highest BCUT2D eigenvalue weighted by molar-refractivity contribution is 9.10. The lowest BCUT2D eigenvalue weighted by atomic mass is 10.2. The van der Waals surface area contributed by atoms with Crippen LogP contribution < -0.4 is 0 Å². The lowest BCUT2D eigenvalue weighted by Gasteiger charge is -2.21. The highest BCUT2D eigenvalue weighted by Crippen LogP contribution is 2.17. The molecule has 2 rings (SSSR count). The van der Waals surface area contributed by atoms with E-state index in [1.54, 1.807) is 29.3 Å². The van der Waals surface area contributed by atoms with Crippen molar-refractivity contribution in [1.29, 1.82) is 0 Å². The Morgan fingerprint density at radius 2 is 1.96 bits per heavy atom. The summed E-state index contributed by atoms with van der Waals surface area (Å²) in [4.78, 5) is 30.4. The SMILES string of the molecule is CCCN(Cc1nc(C(=O)OCC)cs1)C(=O)c1ccc(Br)cc1. The first-order valence-electron chi connectivity index (χ1n) is 7.71. The topological polar surface area (TPSA) is 59.5 Å². The summed E-state index contributed by atoms with van der Waals surface area (Å²) in [6.45, 7) is 5.10. The van der Waals surface area contributed by atoms with Gasteiger partial charge < -0.3 is 9.64 Å². The van der Waals surface area contributed by atoms with Crippen LogP contribution in [0.3, 0.4) is 0 Å². The number of rotatable bonds is 7. The predicted molar refractivity (Wildman–Crippen MR) is 97.2 cm³/mol. The summed E-state index contributed by atoms with van der Waals surface area (Å²) in [5, 5.41) is 2.39. The summed E-state index contributed by atoms with van der Waals surface area (Å²) in [5.41, 5.74) is 0.929. The number of hydrogen-bond acceptors (Lipinski definition) is 5. The van der Waals surface area contributed by atoms with Gasteiger partial charge in [-0.15, -0.1) is 11.3 Å². The van der Waals surface area contributed by atoms with Crippen LogP contribution in [-0.4, -0.2) is 34.9 Å². The van der Waals surface area contributed by atoms with E-state index in [1.807, 2.05) is 19.1 Å². The molecular weight excluding hydrogens is 392 g/mol. The van der Waals surface area contributed by atoms with Gasteiger partial charge in [-0.25, -0.2) is 9.78 Å². The molecule has 5 nitrogen and oxygen atoms in total. The van der Waals surface area contributed by atoms with Gasteiger partial charge in [0.25, 0.3) is 5.91 Å². The smallest absolute Gasteiger partial charge is 0.357 e. The van der Waals surface area contributed by atoms with E-state index < -0.39 is 5.97 Å². The van der Waals surface area contributed by atoms with Gasteiger partial charge in [0.2, 0.25) is 0 Å². The summed E-state index contributed by atoms with van der Waals surface area (Å²) < 4.78 is 5.87. The molecule has 0 aliphatic rings. The fourth-order valence-electron chi connectivity index (χ4n) is 2.14. The van der Waals surface area contributed by atoms with Crippen LogP contribution in [0.1, 0.15) is 46.1 Å². The lowest BCUT2D eigenvalue weighted by Crippen LogP contribution is -2.31. The van der Waals surface area contributed by atoms with Crippen LogP contribution in [0, 0.1) is 0 Å². The molecule has 0 aliphatic heterocycles. The molecule has 1 heterocycles. The second-order valence-electron chi connectivity index (χ2n) is 5.08. The predicted octanol–water partition coefficient (Wildman–Crippen LogP) is 4.13. The van der Waals surface area contributed by atoms with Crippen molar-refractivity contribution in [2.24, 2.45) is 0 Å². The van der Waals surface area contributed by atoms with Crippen molar-refractivity contribution in [2.75, 3.05) is 13.2 Å². The zero-order chi connectivity index (χ0) is 17.5. The van der Waals surface area contributed by atoms with E-state index in [9.17, 15) is 9.59 Å². The van der Waals surface area contributed by atoms with Gasteiger partial charge in [0.15, 0.2) is 5.69 Å². The molecule has 1 amide bonds.